The number of rotatable bonds is 23. The first-order valence-electron chi connectivity index (χ1n) is 16.7. The van der Waals surface area contributed by atoms with Crippen molar-refractivity contribution in [1.29, 1.82) is 0 Å². The Morgan fingerprint density at radius 3 is 2.19 bits per heavy atom. The lowest BCUT2D eigenvalue weighted by Crippen LogP contribution is -2.36. The average molecular weight is 521 g/mol. The van der Waals surface area contributed by atoms with Crippen molar-refractivity contribution in [2.45, 2.75) is 174 Å². The van der Waals surface area contributed by atoms with Crippen molar-refractivity contribution in [3.63, 3.8) is 0 Å². The molecule has 2 fully saturated rings. The van der Waals surface area contributed by atoms with Gasteiger partial charge in [-0.25, -0.2) is 0 Å². The molecule has 0 radical (unpaired) electrons. The van der Waals surface area contributed by atoms with Crippen LogP contribution in [0.25, 0.3) is 0 Å². The molecule has 6 unspecified atom stereocenters. The minimum absolute atomic E-state index is 0.553. The summed E-state index contributed by atoms with van der Waals surface area (Å²) in [6, 6.07) is 0. The van der Waals surface area contributed by atoms with E-state index >= 15 is 0 Å². The number of Topliss-reactive ketones (excluding diaryl/α,β-unsaturated/α-hetero) is 1. The van der Waals surface area contributed by atoms with Gasteiger partial charge in [-0.15, -0.1) is 0 Å². The molecule has 212 valence electrons. The molecule has 0 spiro atoms. The van der Waals surface area contributed by atoms with Gasteiger partial charge in [-0.2, -0.15) is 11.8 Å². The van der Waals surface area contributed by atoms with E-state index in [-0.39, 0.29) is 0 Å². The zero-order chi connectivity index (χ0) is 26.0. The number of carbonyl (C=O) groups excluding carboxylic acids is 1. The molecule has 2 aliphatic rings. The Morgan fingerprint density at radius 2 is 1.56 bits per heavy atom. The van der Waals surface area contributed by atoms with Crippen molar-refractivity contribution in [2.24, 2.45) is 29.6 Å². The van der Waals surface area contributed by atoms with Gasteiger partial charge in [0.15, 0.2) is 0 Å². The fraction of sp³-hybridized carbons (Fsp3) is 0.971. The standard InChI is InChI=1S/C34H64OS/c1-5-8-10-17-28(4)18-11-9-12-19-30-24-26-34(30)33(16-6-2)29(7-3)23-25-31(35)20-13-14-21-32-22-15-27-36-32/h28-30,32-34H,5-27H2,1-4H3. The van der Waals surface area contributed by atoms with Crippen LogP contribution in [0, 0.1) is 29.6 Å². The number of thioether (sulfide) groups is 1. The predicted molar refractivity (Wildman–Crippen MR) is 163 cm³/mol. The van der Waals surface area contributed by atoms with Gasteiger partial charge >= 0.3 is 0 Å². The Kier molecular flexibility index (Phi) is 17.9. The Morgan fingerprint density at radius 1 is 0.778 bits per heavy atom. The third kappa shape index (κ3) is 12.7. The van der Waals surface area contributed by atoms with Crippen LogP contribution in [0.1, 0.15) is 169 Å². The third-order valence-electron chi connectivity index (χ3n) is 9.90. The van der Waals surface area contributed by atoms with E-state index in [9.17, 15) is 4.79 Å². The highest BCUT2D eigenvalue weighted by molar-refractivity contribution is 8.00. The lowest BCUT2D eigenvalue weighted by molar-refractivity contribution is -0.119. The molecule has 0 aromatic rings. The van der Waals surface area contributed by atoms with Crippen molar-refractivity contribution < 1.29 is 4.79 Å². The molecule has 1 aliphatic carbocycles. The minimum Gasteiger partial charge on any atom is -0.300 e. The topological polar surface area (TPSA) is 17.1 Å². The smallest absolute Gasteiger partial charge is 0.132 e. The van der Waals surface area contributed by atoms with Gasteiger partial charge in [-0.1, -0.05) is 111 Å². The van der Waals surface area contributed by atoms with Crippen molar-refractivity contribution in [1.82, 2.24) is 0 Å². The lowest BCUT2D eigenvalue weighted by Gasteiger charge is -2.45. The third-order valence-corrected chi connectivity index (χ3v) is 11.4. The number of carbonyl (C=O) groups is 1. The maximum Gasteiger partial charge on any atom is 0.132 e. The van der Waals surface area contributed by atoms with Gasteiger partial charge in [-0.05, 0) is 80.3 Å². The predicted octanol–water partition coefficient (Wildman–Crippen LogP) is 11.4. The van der Waals surface area contributed by atoms with E-state index in [1.165, 1.54) is 121 Å². The highest BCUT2D eigenvalue weighted by atomic mass is 32.2. The van der Waals surface area contributed by atoms with Gasteiger partial charge < -0.3 is 0 Å². The van der Waals surface area contributed by atoms with Crippen molar-refractivity contribution in [3.05, 3.63) is 0 Å². The summed E-state index contributed by atoms with van der Waals surface area (Å²) in [5, 5.41) is 0.897. The zero-order valence-electron chi connectivity index (χ0n) is 25.0. The Bertz CT molecular complexity index is 539. The van der Waals surface area contributed by atoms with E-state index in [1.54, 1.807) is 0 Å². The average Bonchev–Trinajstić information content (AvgIpc) is 3.37. The molecule has 0 amide bonds. The number of unbranched alkanes of at least 4 members (excludes halogenated alkanes) is 5. The van der Waals surface area contributed by atoms with E-state index < -0.39 is 0 Å². The summed E-state index contributed by atoms with van der Waals surface area (Å²) in [5.74, 6) is 6.45. The van der Waals surface area contributed by atoms with E-state index in [2.05, 4.69) is 39.5 Å². The molecule has 2 rings (SSSR count). The molecule has 0 N–H and O–H groups in total. The molecule has 36 heavy (non-hydrogen) atoms. The second-order valence-electron chi connectivity index (χ2n) is 12.8. The highest BCUT2D eigenvalue weighted by Gasteiger charge is 2.38. The number of hydrogen-bond acceptors (Lipinski definition) is 2. The van der Waals surface area contributed by atoms with Gasteiger partial charge in [-0.3, -0.25) is 4.79 Å². The molecule has 1 saturated heterocycles. The first-order chi connectivity index (χ1) is 17.6. The van der Waals surface area contributed by atoms with Crippen molar-refractivity contribution in [3.8, 4) is 0 Å². The van der Waals surface area contributed by atoms with Gasteiger partial charge in [0.25, 0.3) is 0 Å². The van der Waals surface area contributed by atoms with Gasteiger partial charge in [0, 0.05) is 18.1 Å². The summed E-state index contributed by atoms with van der Waals surface area (Å²) in [4.78, 5) is 12.7. The minimum atomic E-state index is 0.553. The molecule has 1 aliphatic heterocycles. The molecule has 1 heterocycles. The lowest BCUT2D eigenvalue weighted by atomic mass is 9.60. The number of hydrogen-bond donors (Lipinski definition) is 0. The maximum atomic E-state index is 12.7. The van der Waals surface area contributed by atoms with Crippen molar-refractivity contribution >= 4 is 17.5 Å². The molecule has 6 atom stereocenters. The SMILES string of the molecule is CCCCCC(C)CCCCCC1CCC1C(CCC)C(CC)CCC(=O)CCCCC1CCCS1. The van der Waals surface area contributed by atoms with Gasteiger partial charge in [0.1, 0.15) is 5.78 Å². The Hall–Kier alpha value is 0.0200. The van der Waals surface area contributed by atoms with Crippen molar-refractivity contribution in [2.75, 3.05) is 5.75 Å². The van der Waals surface area contributed by atoms with Crippen LogP contribution in [0.2, 0.25) is 0 Å². The quantitative estimate of drug-likeness (QED) is 0.125. The summed E-state index contributed by atoms with van der Waals surface area (Å²) in [7, 11) is 0. The monoisotopic (exact) mass is 520 g/mol. The Balaban J connectivity index is 1.64. The molecule has 1 saturated carbocycles. The summed E-state index contributed by atoms with van der Waals surface area (Å²) in [6.07, 6.45) is 29.3. The second-order valence-corrected chi connectivity index (χ2v) is 14.2. The van der Waals surface area contributed by atoms with E-state index in [0.717, 1.165) is 60.5 Å². The first kappa shape index (κ1) is 32.2. The highest BCUT2D eigenvalue weighted by Crippen LogP contribution is 2.48. The summed E-state index contributed by atoms with van der Waals surface area (Å²) < 4.78 is 0. The zero-order valence-corrected chi connectivity index (χ0v) is 25.9. The van der Waals surface area contributed by atoms with Crippen LogP contribution in [-0.2, 0) is 4.79 Å². The molecule has 1 nitrogen and oxygen atoms in total. The molecule has 0 aromatic heterocycles. The van der Waals surface area contributed by atoms with Crippen LogP contribution >= 0.6 is 11.8 Å². The summed E-state index contributed by atoms with van der Waals surface area (Å²) in [6.45, 7) is 9.55. The fourth-order valence-corrected chi connectivity index (χ4v) is 8.70. The normalized spacial score (nSPS) is 24.4. The summed E-state index contributed by atoms with van der Waals surface area (Å²) in [5.41, 5.74) is 0. The van der Waals surface area contributed by atoms with Crippen LogP contribution in [-0.4, -0.2) is 16.8 Å². The summed E-state index contributed by atoms with van der Waals surface area (Å²) >= 11 is 2.16. The van der Waals surface area contributed by atoms with Gasteiger partial charge in [0.05, 0.1) is 0 Å². The fourth-order valence-electron chi connectivity index (χ4n) is 7.37. The van der Waals surface area contributed by atoms with E-state index in [1.807, 2.05) is 0 Å². The maximum absolute atomic E-state index is 12.7. The van der Waals surface area contributed by atoms with Crippen LogP contribution in [0.15, 0.2) is 0 Å². The van der Waals surface area contributed by atoms with Crippen LogP contribution < -0.4 is 0 Å². The van der Waals surface area contributed by atoms with Crippen LogP contribution in [0.4, 0.5) is 0 Å². The molecular formula is C34H64OS. The molecule has 0 bridgehead atoms. The molecule has 0 aromatic carbocycles. The molecule has 2 heteroatoms. The first-order valence-corrected chi connectivity index (χ1v) is 17.8. The largest absolute Gasteiger partial charge is 0.300 e. The van der Waals surface area contributed by atoms with Crippen LogP contribution in [0.5, 0.6) is 0 Å². The van der Waals surface area contributed by atoms with Crippen LogP contribution in [0.3, 0.4) is 0 Å². The van der Waals surface area contributed by atoms with E-state index in [4.69, 9.17) is 0 Å². The second kappa shape index (κ2) is 20.0. The molecular weight excluding hydrogens is 456 g/mol. The Labute approximate surface area is 231 Å². The number of ketones is 1. The van der Waals surface area contributed by atoms with E-state index in [0.29, 0.717) is 5.78 Å². The van der Waals surface area contributed by atoms with Gasteiger partial charge in [0.2, 0.25) is 0 Å².